The first-order chi connectivity index (χ1) is 15.2. The molecule has 0 radical (unpaired) electrons. The van der Waals surface area contributed by atoms with Gasteiger partial charge >= 0.3 is 0 Å². The highest BCUT2D eigenvalue weighted by molar-refractivity contribution is 6.36. The Morgan fingerprint density at radius 2 is 1.50 bits per heavy atom. The molecule has 2 amide bonds. The third kappa shape index (κ3) is 4.19. The molecule has 0 atom stereocenters. The lowest BCUT2D eigenvalue weighted by Crippen LogP contribution is -2.32. The van der Waals surface area contributed by atoms with E-state index in [2.05, 4.69) is 5.32 Å². The number of nitrogens with one attached hydrogen (secondary N) is 1. The lowest BCUT2D eigenvalue weighted by Gasteiger charge is -2.16. The molecular weight excluding hydrogens is 420 g/mol. The van der Waals surface area contributed by atoms with Gasteiger partial charge in [0.2, 0.25) is 0 Å². The van der Waals surface area contributed by atoms with Gasteiger partial charge < -0.3 is 5.32 Å². The summed E-state index contributed by atoms with van der Waals surface area (Å²) >= 11 is 6.10. The van der Waals surface area contributed by atoms with Crippen molar-refractivity contribution in [2.75, 3.05) is 5.32 Å². The minimum Gasteiger partial charge on any atom is -0.350 e. The number of hydrogen-bond acceptors (Lipinski definition) is 3. The van der Waals surface area contributed by atoms with E-state index in [-0.39, 0.29) is 24.1 Å². The molecule has 0 saturated carbocycles. The van der Waals surface area contributed by atoms with Gasteiger partial charge in [-0.25, -0.2) is 0 Å². The van der Waals surface area contributed by atoms with Crippen LogP contribution in [0.25, 0.3) is 5.57 Å². The van der Waals surface area contributed by atoms with E-state index >= 15 is 0 Å². The molecule has 3 aromatic rings. The molecule has 4 rings (SSSR count). The van der Waals surface area contributed by atoms with Crippen LogP contribution in [0, 0.1) is 27.7 Å². The van der Waals surface area contributed by atoms with Crippen molar-refractivity contribution in [3.63, 3.8) is 0 Å². The number of anilines is 1. The van der Waals surface area contributed by atoms with E-state index < -0.39 is 0 Å². The first kappa shape index (κ1) is 21.8. The Balaban J connectivity index is 1.77. The maximum atomic E-state index is 13.5. The highest BCUT2D eigenvalue weighted by Gasteiger charge is 2.39. The molecule has 0 aromatic heterocycles. The largest absolute Gasteiger partial charge is 0.350 e. The second-order valence-corrected chi connectivity index (χ2v) is 8.75. The van der Waals surface area contributed by atoms with Crippen LogP contribution in [0.4, 0.5) is 5.69 Å². The van der Waals surface area contributed by atoms with Gasteiger partial charge in [0, 0.05) is 10.7 Å². The van der Waals surface area contributed by atoms with Crippen LogP contribution in [0.15, 0.2) is 66.4 Å². The molecule has 0 fully saturated rings. The number of carbonyl (C=O) groups is 2. The molecule has 1 N–H and O–H groups in total. The van der Waals surface area contributed by atoms with Gasteiger partial charge in [0.25, 0.3) is 11.8 Å². The fourth-order valence-corrected chi connectivity index (χ4v) is 4.01. The number of nitrogens with zero attached hydrogens (tertiary/aromatic N) is 1. The fourth-order valence-electron chi connectivity index (χ4n) is 3.78. The van der Waals surface area contributed by atoms with Crippen LogP contribution in [0.5, 0.6) is 0 Å². The van der Waals surface area contributed by atoms with Crippen molar-refractivity contribution >= 4 is 34.7 Å². The van der Waals surface area contributed by atoms with Crippen molar-refractivity contribution in [1.29, 1.82) is 0 Å². The molecule has 0 saturated heterocycles. The lowest BCUT2D eigenvalue weighted by molar-refractivity contribution is -0.137. The molecule has 0 spiro atoms. The predicted octanol–water partition coefficient (Wildman–Crippen LogP) is 5.97. The van der Waals surface area contributed by atoms with Gasteiger partial charge in [-0.05, 0) is 73.7 Å². The number of aryl methyl sites for hydroxylation is 4. The predicted molar refractivity (Wildman–Crippen MR) is 129 cm³/mol. The first-order valence-electron chi connectivity index (χ1n) is 10.5. The third-order valence-corrected chi connectivity index (χ3v) is 6.11. The molecule has 0 unspecified atom stereocenters. The van der Waals surface area contributed by atoms with Crippen LogP contribution < -0.4 is 5.32 Å². The Kier molecular flexibility index (Phi) is 5.90. The summed E-state index contributed by atoms with van der Waals surface area (Å²) in [6, 6.07) is 19.1. The molecule has 1 heterocycles. The highest BCUT2D eigenvalue weighted by Crippen LogP contribution is 2.33. The minimum absolute atomic E-state index is 0.219. The monoisotopic (exact) mass is 444 g/mol. The molecular formula is C27H25ClN2O2. The molecule has 3 aromatic carbocycles. The van der Waals surface area contributed by atoms with Gasteiger partial charge in [-0.1, -0.05) is 59.6 Å². The van der Waals surface area contributed by atoms with Gasteiger partial charge in [-0.15, -0.1) is 0 Å². The van der Waals surface area contributed by atoms with E-state index in [4.69, 9.17) is 11.6 Å². The molecule has 162 valence electrons. The van der Waals surface area contributed by atoms with Crippen LogP contribution >= 0.6 is 11.6 Å². The van der Waals surface area contributed by atoms with Crippen molar-refractivity contribution in [2.45, 2.75) is 34.2 Å². The molecule has 1 aliphatic heterocycles. The number of carbonyl (C=O) groups excluding carboxylic acids is 2. The second-order valence-electron chi connectivity index (χ2n) is 8.32. The van der Waals surface area contributed by atoms with E-state index in [0.29, 0.717) is 10.6 Å². The Morgan fingerprint density at radius 1 is 0.781 bits per heavy atom. The molecule has 4 nitrogen and oxygen atoms in total. The van der Waals surface area contributed by atoms with Gasteiger partial charge in [0.05, 0.1) is 12.1 Å². The van der Waals surface area contributed by atoms with E-state index in [1.54, 1.807) is 6.07 Å². The summed E-state index contributed by atoms with van der Waals surface area (Å²) < 4.78 is 0. The van der Waals surface area contributed by atoms with Crippen LogP contribution in [0.1, 0.15) is 33.4 Å². The maximum Gasteiger partial charge on any atom is 0.278 e. The zero-order valence-electron chi connectivity index (χ0n) is 18.6. The maximum absolute atomic E-state index is 13.5. The minimum atomic E-state index is -0.335. The Hall–Kier alpha value is -3.37. The van der Waals surface area contributed by atoms with E-state index in [0.717, 1.165) is 39.1 Å². The highest BCUT2D eigenvalue weighted by atomic mass is 35.5. The van der Waals surface area contributed by atoms with Crippen molar-refractivity contribution in [2.24, 2.45) is 0 Å². The van der Waals surface area contributed by atoms with E-state index in [1.807, 2.05) is 82.3 Å². The van der Waals surface area contributed by atoms with Crippen LogP contribution in [0.3, 0.4) is 0 Å². The Labute approximate surface area is 193 Å². The van der Waals surface area contributed by atoms with Gasteiger partial charge in [-0.3, -0.25) is 14.5 Å². The summed E-state index contributed by atoms with van der Waals surface area (Å²) in [6.45, 7) is 8.16. The van der Waals surface area contributed by atoms with Gasteiger partial charge in [0.1, 0.15) is 5.70 Å². The molecule has 5 heteroatoms. The summed E-state index contributed by atoms with van der Waals surface area (Å²) in [5.41, 5.74) is 7.26. The normalized spacial score (nSPS) is 13.8. The van der Waals surface area contributed by atoms with Crippen molar-refractivity contribution < 1.29 is 9.59 Å². The summed E-state index contributed by atoms with van der Waals surface area (Å²) in [4.78, 5) is 28.3. The van der Waals surface area contributed by atoms with Gasteiger partial charge in [-0.2, -0.15) is 0 Å². The Bertz CT molecular complexity index is 1260. The fraction of sp³-hybridized carbons (Fsp3) is 0.185. The zero-order chi connectivity index (χ0) is 23.0. The van der Waals surface area contributed by atoms with Gasteiger partial charge in [0.15, 0.2) is 0 Å². The zero-order valence-corrected chi connectivity index (χ0v) is 19.4. The number of rotatable bonds is 5. The standard InChI is InChI=1S/C27H25ClN2O2/c1-16-5-8-20(9-6-16)15-30-26(31)24(21-10-7-17(2)18(3)13-21)25(27(30)32)29-23-12-11-22(28)14-19(23)4/h5-14,29H,15H2,1-4H3. The molecule has 0 bridgehead atoms. The average molecular weight is 445 g/mol. The molecule has 32 heavy (non-hydrogen) atoms. The topological polar surface area (TPSA) is 49.4 Å². The van der Waals surface area contributed by atoms with Crippen molar-refractivity contribution in [3.05, 3.63) is 105 Å². The average Bonchev–Trinajstić information content (AvgIpc) is 2.98. The lowest BCUT2D eigenvalue weighted by atomic mass is 9.99. The molecule has 1 aliphatic rings. The summed E-state index contributed by atoms with van der Waals surface area (Å²) in [7, 11) is 0. The van der Waals surface area contributed by atoms with Crippen molar-refractivity contribution in [3.8, 4) is 0 Å². The summed E-state index contributed by atoms with van der Waals surface area (Å²) in [6.07, 6.45) is 0. The second kappa shape index (κ2) is 8.64. The number of halogens is 1. The van der Waals surface area contributed by atoms with Crippen LogP contribution in [0.2, 0.25) is 5.02 Å². The smallest absolute Gasteiger partial charge is 0.278 e. The third-order valence-electron chi connectivity index (χ3n) is 5.87. The van der Waals surface area contributed by atoms with E-state index in [9.17, 15) is 9.59 Å². The van der Waals surface area contributed by atoms with E-state index in [1.165, 1.54) is 4.90 Å². The van der Waals surface area contributed by atoms with Crippen LogP contribution in [-0.4, -0.2) is 16.7 Å². The Morgan fingerprint density at radius 3 is 2.16 bits per heavy atom. The number of imide groups is 1. The van der Waals surface area contributed by atoms with Crippen molar-refractivity contribution in [1.82, 2.24) is 4.90 Å². The SMILES string of the molecule is Cc1ccc(CN2C(=O)C(Nc3ccc(Cl)cc3C)=C(c3ccc(C)c(C)c3)C2=O)cc1. The number of hydrogen-bond donors (Lipinski definition) is 1. The number of amides is 2. The number of benzene rings is 3. The summed E-state index contributed by atoms with van der Waals surface area (Å²) in [5.74, 6) is -0.633. The quantitative estimate of drug-likeness (QED) is 0.493. The molecule has 0 aliphatic carbocycles. The van der Waals surface area contributed by atoms with Crippen LogP contribution in [-0.2, 0) is 16.1 Å². The first-order valence-corrected chi connectivity index (χ1v) is 10.9. The summed E-state index contributed by atoms with van der Waals surface area (Å²) in [5, 5.41) is 3.85.